The number of para-hydroxylation sites is 1. The average molecular weight is 458 g/mol. The highest BCUT2D eigenvalue weighted by Gasteiger charge is 2.35. The molecule has 0 saturated heterocycles. The van der Waals surface area contributed by atoms with Gasteiger partial charge in [0.25, 0.3) is 5.91 Å². The van der Waals surface area contributed by atoms with E-state index in [2.05, 4.69) is 20.3 Å². The minimum Gasteiger partial charge on any atom is -0.349 e. The number of carbonyl (C=O) groups excluding carboxylic acids is 2. The summed E-state index contributed by atoms with van der Waals surface area (Å²) >= 11 is 0. The van der Waals surface area contributed by atoms with Crippen LogP contribution in [-0.2, 0) is 4.79 Å². The summed E-state index contributed by atoms with van der Waals surface area (Å²) in [5.74, 6) is -1.41. The van der Waals surface area contributed by atoms with Crippen LogP contribution in [-0.4, -0.2) is 32.3 Å². The maximum atomic E-state index is 13.8. The van der Waals surface area contributed by atoms with E-state index in [9.17, 15) is 14.0 Å². The van der Waals surface area contributed by atoms with E-state index in [0.717, 1.165) is 10.9 Å². The van der Waals surface area contributed by atoms with E-state index in [-0.39, 0.29) is 5.69 Å². The molecule has 7 nitrogen and oxygen atoms in total. The molecule has 1 N–H and O–H groups in total. The molecule has 0 aliphatic rings. The predicted molar refractivity (Wildman–Crippen MR) is 128 cm³/mol. The second kappa shape index (κ2) is 9.35. The van der Waals surface area contributed by atoms with Crippen molar-refractivity contribution in [1.82, 2.24) is 20.3 Å². The van der Waals surface area contributed by atoms with Crippen molar-refractivity contribution in [3.63, 3.8) is 0 Å². The highest BCUT2D eigenvalue weighted by Crippen LogP contribution is 2.31. The fourth-order valence-corrected chi connectivity index (χ4v) is 3.61. The standard InChI is InChI=1S/C26H24FN5O2/c1-26(2,3)31-24(33)23(17-8-10-19(27)11-9-17)32(25(34)22-16-28-12-13-29-22)20-14-18-6-4-5-7-21(18)30-15-20/h4-16,23H,1-3H3,(H,31,33). The third-order valence-electron chi connectivity index (χ3n) is 5.05. The van der Waals surface area contributed by atoms with Crippen molar-refractivity contribution in [3.8, 4) is 0 Å². The molecule has 0 spiro atoms. The Hall–Kier alpha value is -4.20. The molecule has 0 saturated carbocycles. The normalized spacial score (nSPS) is 12.2. The van der Waals surface area contributed by atoms with Crippen LogP contribution < -0.4 is 10.2 Å². The summed E-state index contributed by atoms with van der Waals surface area (Å²) in [6.45, 7) is 5.54. The average Bonchev–Trinajstić information content (AvgIpc) is 2.82. The molecule has 2 aromatic carbocycles. The maximum absolute atomic E-state index is 13.8. The molecule has 2 amide bonds. The minimum absolute atomic E-state index is 0.0614. The number of aromatic nitrogens is 3. The number of benzene rings is 2. The fraction of sp³-hybridized carbons (Fsp3) is 0.192. The number of hydrogen-bond donors (Lipinski definition) is 1. The molecule has 2 aromatic heterocycles. The first kappa shape index (κ1) is 23.0. The van der Waals surface area contributed by atoms with Gasteiger partial charge in [-0.1, -0.05) is 30.3 Å². The van der Waals surface area contributed by atoms with Gasteiger partial charge in [0.2, 0.25) is 5.91 Å². The van der Waals surface area contributed by atoms with Crippen molar-refractivity contribution in [2.75, 3.05) is 4.90 Å². The van der Waals surface area contributed by atoms with Gasteiger partial charge in [-0.25, -0.2) is 9.37 Å². The third kappa shape index (κ3) is 5.06. The van der Waals surface area contributed by atoms with Crippen LogP contribution in [0.25, 0.3) is 10.9 Å². The summed E-state index contributed by atoms with van der Waals surface area (Å²) in [6, 6.07) is 13.7. The predicted octanol–water partition coefficient (Wildman–Crippen LogP) is 4.47. The molecule has 0 bridgehead atoms. The third-order valence-corrected chi connectivity index (χ3v) is 5.05. The Morgan fingerprint density at radius 1 is 0.971 bits per heavy atom. The lowest BCUT2D eigenvalue weighted by molar-refractivity contribution is -0.123. The summed E-state index contributed by atoms with van der Waals surface area (Å²) < 4.78 is 13.7. The van der Waals surface area contributed by atoms with Gasteiger partial charge in [0.1, 0.15) is 17.6 Å². The second-order valence-corrected chi connectivity index (χ2v) is 8.85. The summed E-state index contributed by atoms with van der Waals surface area (Å²) in [7, 11) is 0. The zero-order valence-corrected chi connectivity index (χ0v) is 19.1. The number of nitrogens with one attached hydrogen (secondary N) is 1. The number of anilines is 1. The van der Waals surface area contributed by atoms with Crippen molar-refractivity contribution in [2.45, 2.75) is 32.4 Å². The highest BCUT2D eigenvalue weighted by molar-refractivity contribution is 6.09. The smallest absolute Gasteiger partial charge is 0.279 e. The molecule has 1 atom stereocenters. The van der Waals surface area contributed by atoms with Crippen LogP contribution in [0.4, 0.5) is 10.1 Å². The van der Waals surface area contributed by atoms with Gasteiger partial charge in [-0.2, -0.15) is 0 Å². The van der Waals surface area contributed by atoms with Crippen LogP contribution in [0.2, 0.25) is 0 Å². The summed E-state index contributed by atoms with van der Waals surface area (Å²) in [5, 5.41) is 3.74. The van der Waals surface area contributed by atoms with E-state index in [0.29, 0.717) is 11.3 Å². The number of amides is 2. The van der Waals surface area contributed by atoms with Crippen LogP contribution in [0.3, 0.4) is 0 Å². The van der Waals surface area contributed by atoms with Crippen LogP contribution >= 0.6 is 0 Å². The number of fused-ring (bicyclic) bond motifs is 1. The molecular weight excluding hydrogens is 433 g/mol. The Bertz CT molecular complexity index is 1320. The van der Waals surface area contributed by atoms with E-state index in [1.807, 2.05) is 45.0 Å². The van der Waals surface area contributed by atoms with E-state index in [4.69, 9.17) is 0 Å². The molecule has 1 unspecified atom stereocenters. The number of pyridine rings is 1. The first-order chi connectivity index (χ1) is 16.2. The van der Waals surface area contributed by atoms with Gasteiger partial charge in [0, 0.05) is 23.3 Å². The van der Waals surface area contributed by atoms with Gasteiger partial charge in [-0.15, -0.1) is 0 Å². The largest absolute Gasteiger partial charge is 0.349 e. The summed E-state index contributed by atoms with van der Waals surface area (Å²) in [6.07, 6.45) is 5.75. The molecular formula is C26H24FN5O2. The number of hydrogen-bond acceptors (Lipinski definition) is 5. The Morgan fingerprint density at radius 2 is 1.71 bits per heavy atom. The molecule has 2 heterocycles. The number of nitrogens with zero attached hydrogens (tertiary/aromatic N) is 4. The molecule has 0 radical (unpaired) electrons. The van der Waals surface area contributed by atoms with Crippen molar-refractivity contribution < 1.29 is 14.0 Å². The molecule has 4 rings (SSSR count). The van der Waals surface area contributed by atoms with Gasteiger partial charge < -0.3 is 5.32 Å². The Labute approximate surface area is 196 Å². The lowest BCUT2D eigenvalue weighted by Gasteiger charge is -2.33. The lowest BCUT2D eigenvalue weighted by Crippen LogP contribution is -2.49. The summed E-state index contributed by atoms with van der Waals surface area (Å²) in [5.41, 5.74) is 1.07. The van der Waals surface area contributed by atoms with Crippen molar-refractivity contribution in [2.24, 2.45) is 0 Å². The Kier molecular flexibility index (Phi) is 6.32. The Morgan fingerprint density at radius 3 is 2.38 bits per heavy atom. The number of rotatable bonds is 5. The quantitative estimate of drug-likeness (QED) is 0.478. The zero-order valence-electron chi connectivity index (χ0n) is 19.1. The molecule has 8 heteroatoms. The van der Waals surface area contributed by atoms with Gasteiger partial charge in [0.15, 0.2) is 0 Å². The highest BCUT2D eigenvalue weighted by atomic mass is 19.1. The molecule has 0 aliphatic carbocycles. The topological polar surface area (TPSA) is 88.1 Å². The van der Waals surface area contributed by atoms with Crippen molar-refractivity contribution >= 4 is 28.4 Å². The number of halogens is 1. The molecule has 0 fully saturated rings. The van der Waals surface area contributed by atoms with Crippen molar-refractivity contribution in [1.29, 1.82) is 0 Å². The van der Waals surface area contributed by atoms with Crippen LogP contribution in [0.1, 0.15) is 42.9 Å². The van der Waals surface area contributed by atoms with Crippen molar-refractivity contribution in [3.05, 3.63) is 96.5 Å². The van der Waals surface area contributed by atoms with E-state index in [1.54, 1.807) is 6.07 Å². The minimum atomic E-state index is -1.11. The lowest BCUT2D eigenvalue weighted by atomic mass is 10.0. The van der Waals surface area contributed by atoms with E-state index < -0.39 is 29.2 Å². The monoisotopic (exact) mass is 457 g/mol. The van der Waals surface area contributed by atoms with Crippen LogP contribution in [0.5, 0.6) is 0 Å². The van der Waals surface area contributed by atoms with Gasteiger partial charge in [-0.3, -0.25) is 24.5 Å². The van der Waals surface area contributed by atoms with Crippen LogP contribution in [0.15, 0.2) is 79.4 Å². The molecule has 4 aromatic rings. The van der Waals surface area contributed by atoms with E-state index >= 15 is 0 Å². The number of carbonyl (C=O) groups is 2. The van der Waals surface area contributed by atoms with E-state index in [1.165, 1.54) is 54.0 Å². The molecule has 34 heavy (non-hydrogen) atoms. The molecule has 0 aliphatic heterocycles. The van der Waals surface area contributed by atoms with Gasteiger partial charge >= 0.3 is 0 Å². The maximum Gasteiger partial charge on any atom is 0.279 e. The SMILES string of the molecule is CC(C)(C)NC(=O)C(c1ccc(F)cc1)N(C(=O)c1cnccn1)c1cnc2ccccc2c1. The zero-order chi connectivity index (χ0) is 24.3. The first-order valence-electron chi connectivity index (χ1n) is 10.7. The Balaban J connectivity index is 1.92. The fourth-order valence-electron chi connectivity index (χ4n) is 3.61. The molecule has 172 valence electrons. The second-order valence-electron chi connectivity index (χ2n) is 8.85. The van der Waals surface area contributed by atoms with Gasteiger partial charge in [0.05, 0.1) is 23.6 Å². The van der Waals surface area contributed by atoms with Crippen LogP contribution in [0, 0.1) is 5.82 Å². The summed E-state index contributed by atoms with van der Waals surface area (Å²) in [4.78, 5) is 41.3. The first-order valence-corrected chi connectivity index (χ1v) is 10.7. The van der Waals surface area contributed by atoms with Gasteiger partial charge in [-0.05, 0) is 50.6 Å².